The molecule has 0 aromatic carbocycles. The maximum absolute atomic E-state index is 4.11. The van der Waals surface area contributed by atoms with Crippen LogP contribution >= 0.6 is 0 Å². The summed E-state index contributed by atoms with van der Waals surface area (Å²) in [5, 5.41) is 0. The minimum atomic E-state index is 0.961. The van der Waals surface area contributed by atoms with Gasteiger partial charge in [-0.2, -0.15) is 0 Å². The molecule has 0 heterocycles. The van der Waals surface area contributed by atoms with Gasteiger partial charge in [0.2, 0.25) is 0 Å². The molecule has 0 nitrogen and oxygen atoms in total. The largest absolute Gasteiger partial charge is 0.100 e. The van der Waals surface area contributed by atoms with Gasteiger partial charge < -0.3 is 0 Å². The minimum absolute atomic E-state index is 0.961. The van der Waals surface area contributed by atoms with Gasteiger partial charge in [-0.05, 0) is 87.4 Å². The summed E-state index contributed by atoms with van der Waals surface area (Å²) in [4.78, 5) is 0. The highest BCUT2D eigenvalue weighted by Crippen LogP contribution is 2.43. The van der Waals surface area contributed by atoms with E-state index in [1.165, 1.54) is 56.9 Å². The van der Waals surface area contributed by atoms with Crippen molar-refractivity contribution in [3.05, 3.63) is 12.2 Å². The second-order valence-corrected chi connectivity index (χ2v) is 10.4. The SMILES string of the molecule is C=C(C)CC1CCC(CCC2CCC(C3CCC(C)CC3)CC2)CC1. The normalized spacial score (nSPS) is 39.9. The summed E-state index contributed by atoms with van der Waals surface area (Å²) in [6.07, 6.45) is 22.7. The molecule has 3 fully saturated rings. The van der Waals surface area contributed by atoms with Gasteiger partial charge in [0.05, 0.1) is 0 Å². The number of rotatable bonds is 6. The molecule has 3 rings (SSSR count). The van der Waals surface area contributed by atoms with Crippen LogP contribution in [0.4, 0.5) is 0 Å². The van der Waals surface area contributed by atoms with Gasteiger partial charge in [-0.15, -0.1) is 6.58 Å². The third kappa shape index (κ3) is 6.14. The molecule has 3 saturated carbocycles. The predicted molar refractivity (Wildman–Crippen MR) is 111 cm³/mol. The summed E-state index contributed by atoms with van der Waals surface area (Å²) in [6, 6.07) is 0. The van der Waals surface area contributed by atoms with Crippen LogP contribution in [0.5, 0.6) is 0 Å². The Morgan fingerprint density at radius 2 is 1.04 bits per heavy atom. The summed E-state index contributed by atoms with van der Waals surface area (Å²) in [6.45, 7) is 8.77. The van der Waals surface area contributed by atoms with Crippen molar-refractivity contribution in [3.63, 3.8) is 0 Å². The van der Waals surface area contributed by atoms with Gasteiger partial charge in [0, 0.05) is 0 Å². The lowest BCUT2D eigenvalue weighted by Crippen LogP contribution is -2.25. The Morgan fingerprint density at radius 3 is 1.52 bits per heavy atom. The number of allylic oxidation sites excluding steroid dienone is 1. The molecule has 3 aliphatic carbocycles. The topological polar surface area (TPSA) is 0 Å². The summed E-state index contributed by atoms with van der Waals surface area (Å²) in [5.41, 5.74) is 1.40. The quantitative estimate of drug-likeness (QED) is 0.426. The van der Waals surface area contributed by atoms with Crippen molar-refractivity contribution in [2.75, 3.05) is 0 Å². The molecule has 0 heteroatoms. The van der Waals surface area contributed by atoms with E-state index in [-0.39, 0.29) is 0 Å². The zero-order valence-electron chi connectivity index (χ0n) is 17.3. The van der Waals surface area contributed by atoms with E-state index in [2.05, 4.69) is 20.4 Å². The lowest BCUT2D eigenvalue weighted by atomic mass is 9.68. The van der Waals surface area contributed by atoms with Gasteiger partial charge in [0.1, 0.15) is 0 Å². The molecule has 0 bridgehead atoms. The van der Waals surface area contributed by atoms with E-state index in [4.69, 9.17) is 0 Å². The molecule has 25 heavy (non-hydrogen) atoms. The molecular formula is C25H44. The maximum atomic E-state index is 4.11. The smallest absolute Gasteiger partial charge is 0.0297 e. The van der Waals surface area contributed by atoms with Crippen molar-refractivity contribution in [2.24, 2.45) is 35.5 Å². The Kier molecular flexibility index (Phi) is 7.50. The average molecular weight is 345 g/mol. The Bertz CT molecular complexity index is 384. The van der Waals surface area contributed by atoms with E-state index in [1.807, 2.05) is 0 Å². The highest BCUT2D eigenvalue weighted by Gasteiger charge is 2.30. The summed E-state index contributed by atoms with van der Waals surface area (Å²) in [7, 11) is 0. The fraction of sp³-hybridized carbons (Fsp3) is 0.920. The maximum Gasteiger partial charge on any atom is -0.0297 e. The fourth-order valence-corrected chi connectivity index (χ4v) is 6.39. The third-order valence-electron chi connectivity index (χ3n) is 8.21. The van der Waals surface area contributed by atoms with Gasteiger partial charge >= 0.3 is 0 Å². The van der Waals surface area contributed by atoms with Crippen LogP contribution < -0.4 is 0 Å². The van der Waals surface area contributed by atoms with Gasteiger partial charge in [-0.1, -0.05) is 63.9 Å². The molecule has 0 amide bonds. The van der Waals surface area contributed by atoms with Gasteiger partial charge in [-0.25, -0.2) is 0 Å². The molecular weight excluding hydrogens is 300 g/mol. The third-order valence-corrected chi connectivity index (χ3v) is 8.21. The monoisotopic (exact) mass is 344 g/mol. The Labute approximate surface area is 158 Å². The van der Waals surface area contributed by atoms with Crippen LogP contribution in [-0.4, -0.2) is 0 Å². The summed E-state index contributed by atoms with van der Waals surface area (Å²) >= 11 is 0. The first kappa shape index (κ1) is 19.5. The van der Waals surface area contributed by atoms with Crippen LogP contribution in [-0.2, 0) is 0 Å². The molecule has 3 aliphatic rings. The molecule has 0 atom stereocenters. The molecule has 0 radical (unpaired) electrons. The van der Waals surface area contributed by atoms with Crippen LogP contribution in [0.15, 0.2) is 12.2 Å². The Balaban J connectivity index is 1.29. The summed E-state index contributed by atoms with van der Waals surface area (Å²) in [5.74, 6) is 6.30. The standard InChI is InChI=1S/C25H44/c1-19(2)18-23-10-8-21(9-11-23)6-7-22-12-16-25(17-13-22)24-14-4-20(3)5-15-24/h20-25H,1,4-18H2,2-3H3. The van der Waals surface area contributed by atoms with Crippen LogP contribution in [0.25, 0.3) is 0 Å². The lowest BCUT2D eigenvalue weighted by molar-refractivity contribution is 0.142. The number of hydrogen-bond donors (Lipinski definition) is 0. The van der Waals surface area contributed by atoms with Gasteiger partial charge in [-0.3, -0.25) is 0 Å². The molecule has 0 aromatic heterocycles. The molecule has 0 N–H and O–H groups in total. The van der Waals surface area contributed by atoms with Crippen LogP contribution in [0, 0.1) is 35.5 Å². The zero-order chi connectivity index (χ0) is 17.6. The van der Waals surface area contributed by atoms with E-state index in [0.717, 1.165) is 35.5 Å². The van der Waals surface area contributed by atoms with Gasteiger partial charge in [0.25, 0.3) is 0 Å². The second-order valence-electron chi connectivity index (χ2n) is 10.4. The molecule has 0 spiro atoms. The van der Waals surface area contributed by atoms with Crippen molar-refractivity contribution >= 4 is 0 Å². The molecule has 0 aromatic rings. The van der Waals surface area contributed by atoms with Crippen molar-refractivity contribution < 1.29 is 0 Å². The first-order chi connectivity index (χ1) is 12.1. The first-order valence-corrected chi connectivity index (χ1v) is 11.7. The molecule has 144 valence electrons. The van der Waals surface area contributed by atoms with E-state index >= 15 is 0 Å². The number of hydrogen-bond acceptors (Lipinski definition) is 0. The van der Waals surface area contributed by atoms with Crippen molar-refractivity contribution in [1.82, 2.24) is 0 Å². The Hall–Kier alpha value is -0.260. The van der Waals surface area contributed by atoms with Crippen molar-refractivity contribution in [3.8, 4) is 0 Å². The average Bonchev–Trinajstić information content (AvgIpc) is 2.62. The lowest BCUT2D eigenvalue weighted by Gasteiger charge is -2.37. The van der Waals surface area contributed by atoms with E-state index in [9.17, 15) is 0 Å². The van der Waals surface area contributed by atoms with Crippen LogP contribution in [0.3, 0.4) is 0 Å². The van der Waals surface area contributed by atoms with E-state index < -0.39 is 0 Å². The van der Waals surface area contributed by atoms with Gasteiger partial charge in [0.15, 0.2) is 0 Å². The predicted octanol–water partition coefficient (Wildman–Crippen LogP) is 8.17. The molecule has 0 saturated heterocycles. The van der Waals surface area contributed by atoms with E-state index in [0.29, 0.717) is 0 Å². The van der Waals surface area contributed by atoms with Crippen molar-refractivity contribution in [1.29, 1.82) is 0 Å². The molecule has 0 aliphatic heterocycles. The highest BCUT2D eigenvalue weighted by atomic mass is 14.4. The molecule has 0 unspecified atom stereocenters. The van der Waals surface area contributed by atoms with Crippen molar-refractivity contribution in [2.45, 2.75) is 110 Å². The first-order valence-electron chi connectivity index (χ1n) is 11.7. The fourth-order valence-electron chi connectivity index (χ4n) is 6.39. The summed E-state index contributed by atoms with van der Waals surface area (Å²) < 4.78 is 0. The van der Waals surface area contributed by atoms with Crippen LogP contribution in [0.2, 0.25) is 0 Å². The Morgan fingerprint density at radius 1 is 0.640 bits per heavy atom. The van der Waals surface area contributed by atoms with Crippen LogP contribution in [0.1, 0.15) is 110 Å². The van der Waals surface area contributed by atoms with E-state index in [1.54, 1.807) is 44.9 Å². The second kappa shape index (κ2) is 9.61. The minimum Gasteiger partial charge on any atom is -0.100 e. The zero-order valence-corrected chi connectivity index (χ0v) is 17.3. The highest BCUT2D eigenvalue weighted by molar-refractivity contribution is 4.91.